The molecule has 10 heteroatoms. The quantitative estimate of drug-likeness (QED) is 0.534. The molecule has 2 aromatic carbocycles. The zero-order valence-corrected chi connectivity index (χ0v) is 21.9. The van der Waals surface area contributed by atoms with Crippen LogP contribution in [0.2, 0.25) is 0 Å². The zero-order valence-electron chi connectivity index (χ0n) is 21.9. The predicted molar refractivity (Wildman–Crippen MR) is 139 cm³/mol. The molecule has 1 fully saturated rings. The van der Waals surface area contributed by atoms with Crippen molar-refractivity contribution in [2.45, 2.75) is 19.9 Å². The van der Waals surface area contributed by atoms with Crippen LogP contribution in [0.25, 0.3) is 0 Å². The van der Waals surface area contributed by atoms with Crippen molar-refractivity contribution >= 4 is 17.9 Å². The van der Waals surface area contributed by atoms with Crippen LogP contribution in [0.15, 0.2) is 59.8 Å². The van der Waals surface area contributed by atoms with Gasteiger partial charge in [-0.25, -0.2) is 14.0 Å². The molecule has 3 amide bonds. The van der Waals surface area contributed by atoms with Crippen molar-refractivity contribution in [1.29, 1.82) is 0 Å². The highest BCUT2D eigenvalue weighted by Crippen LogP contribution is 2.32. The second kappa shape index (κ2) is 12.1. The van der Waals surface area contributed by atoms with Crippen LogP contribution >= 0.6 is 0 Å². The minimum absolute atomic E-state index is 0.0756. The normalized spacial score (nSPS) is 18.3. The van der Waals surface area contributed by atoms with Crippen molar-refractivity contribution in [2.24, 2.45) is 0 Å². The molecular formula is C28H33FN4O5. The molecule has 1 saturated heterocycles. The van der Waals surface area contributed by atoms with E-state index < -0.39 is 17.8 Å². The molecule has 2 aliphatic rings. The summed E-state index contributed by atoms with van der Waals surface area (Å²) in [4.78, 5) is 44.7. The highest BCUT2D eigenvalue weighted by molar-refractivity contribution is 5.95. The first-order valence-corrected chi connectivity index (χ1v) is 12.8. The highest BCUT2D eigenvalue weighted by Gasteiger charge is 2.38. The first-order valence-electron chi connectivity index (χ1n) is 12.8. The molecule has 1 N–H and O–H groups in total. The lowest BCUT2D eigenvalue weighted by Gasteiger charge is -2.40. The molecule has 0 spiro atoms. The van der Waals surface area contributed by atoms with E-state index in [0.717, 1.165) is 0 Å². The van der Waals surface area contributed by atoms with Crippen LogP contribution in [-0.4, -0.2) is 85.6 Å². The maximum atomic E-state index is 14.1. The molecule has 1 atom stereocenters. The number of hydrogen-bond donors (Lipinski definition) is 1. The summed E-state index contributed by atoms with van der Waals surface area (Å²) < 4.78 is 24.7. The Bertz CT molecular complexity index is 1230. The van der Waals surface area contributed by atoms with Crippen LogP contribution < -0.4 is 10.1 Å². The number of esters is 1. The number of amides is 3. The van der Waals surface area contributed by atoms with Crippen LogP contribution in [0.4, 0.5) is 9.18 Å². The van der Waals surface area contributed by atoms with Gasteiger partial charge in [-0.05, 0) is 49.7 Å². The van der Waals surface area contributed by atoms with Gasteiger partial charge in [0, 0.05) is 50.5 Å². The molecule has 2 aromatic rings. The van der Waals surface area contributed by atoms with Crippen LogP contribution in [0, 0.1) is 5.82 Å². The van der Waals surface area contributed by atoms with Crippen molar-refractivity contribution < 1.29 is 28.2 Å². The smallest absolute Gasteiger partial charge is 0.338 e. The zero-order chi connectivity index (χ0) is 27.2. The Hall–Kier alpha value is -3.92. The Morgan fingerprint density at radius 2 is 1.79 bits per heavy atom. The molecule has 202 valence electrons. The van der Waals surface area contributed by atoms with Gasteiger partial charge in [-0.3, -0.25) is 14.6 Å². The van der Waals surface area contributed by atoms with Gasteiger partial charge in [0.05, 0.1) is 25.3 Å². The van der Waals surface area contributed by atoms with Crippen LogP contribution in [0.5, 0.6) is 5.75 Å². The van der Waals surface area contributed by atoms with Crippen molar-refractivity contribution in [2.75, 3.05) is 53.0 Å². The molecule has 2 aliphatic heterocycles. The third kappa shape index (κ3) is 5.80. The van der Waals surface area contributed by atoms with E-state index in [1.54, 1.807) is 55.3 Å². The molecule has 0 aromatic heterocycles. The van der Waals surface area contributed by atoms with Gasteiger partial charge < -0.3 is 19.7 Å². The summed E-state index contributed by atoms with van der Waals surface area (Å²) in [6, 6.07) is 11.7. The number of carbonyl (C=O) groups is 3. The number of methoxy groups -OCH3 is 1. The highest BCUT2D eigenvalue weighted by atomic mass is 19.1. The lowest BCUT2D eigenvalue weighted by atomic mass is 9.94. The number of piperazine rings is 1. The summed E-state index contributed by atoms with van der Waals surface area (Å²) in [5.74, 6) is -0.470. The molecule has 0 saturated carbocycles. The minimum atomic E-state index is -0.842. The number of urea groups is 1. The number of nitrogens with zero attached hydrogens (tertiary/aromatic N) is 3. The van der Waals surface area contributed by atoms with Crippen molar-refractivity contribution in [3.63, 3.8) is 0 Å². The Morgan fingerprint density at radius 3 is 2.45 bits per heavy atom. The molecule has 4 rings (SSSR count). The van der Waals surface area contributed by atoms with Crippen LogP contribution in [0.3, 0.4) is 0 Å². The molecule has 0 aliphatic carbocycles. The fraction of sp³-hybridized carbons (Fsp3) is 0.393. The van der Waals surface area contributed by atoms with Gasteiger partial charge in [0.1, 0.15) is 11.6 Å². The largest absolute Gasteiger partial charge is 0.497 e. The van der Waals surface area contributed by atoms with Crippen molar-refractivity contribution in [3.05, 3.63) is 76.7 Å². The van der Waals surface area contributed by atoms with Crippen LogP contribution in [-0.2, 0) is 9.53 Å². The van der Waals surface area contributed by atoms with Crippen LogP contribution in [0.1, 0.15) is 35.8 Å². The monoisotopic (exact) mass is 524 g/mol. The summed E-state index contributed by atoms with van der Waals surface area (Å²) in [5.41, 5.74) is 1.83. The average Bonchev–Trinajstić information content (AvgIpc) is 2.93. The number of hydrogen-bond acceptors (Lipinski definition) is 6. The van der Waals surface area contributed by atoms with E-state index in [0.29, 0.717) is 61.8 Å². The maximum Gasteiger partial charge on any atom is 0.338 e. The average molecular weight is 525 g/mol. The van der Waals surface area contributed by atoms with Gasteiger partial charge >= 0.3 is 12.0 Å². The van der Waals surface area contributed by atoms with E-state index in [-0.39, 0.29) is 24.1 Å². The minimum Gasteiger partial charge on any atom is -0.497 e. The van der Waals surface area contributed by atoms with E-state index >= 15 is 0 Å². The fourth-order valence-corrected chi connectivity index (χ4v) is 4.85. The first-order chi connectivity index (χ1) is 18.4. The van der Waals surface area contributed by atoms with Gasteiger partial charge in [-0.2, -0.15) is 0 Å². The summed E-state index contributed by atoms with van der Waals surface area (Å²) in [5, 5.41) is 2.85. The second-order valence-corrected chi connectivity index (χ2v) is 9.06. The third-order valence-corrected chi connectivity index (χ3v) is 6.78. The molecule has 2 heterocycles. The molecular weight excluding hydrogens is 491 g/mol. The van der Waals surface area contributed by atoms with Gasteiger partial charge in [-0.1, -0.05) is 18.2 Å². The number of ether oxygens (including phenoxy) is 2. The SMILES string of the molecule is CCOC(=O)C1=C(CN2CCN(C(=O)c3cccc(OC)c3)CC2)N(CC)C(=O)N[C@@H]1c1cccc(F)c1. The van der Waals surface area contributed by atoms with Gasteiger partial charge in [0.2, 0.25) is 0 Å². The Balaban J connectivity index is 1.58. The lowest BCUT2D eigenvalue weighted by molar-refractivity contribution is -0.139. The Labute approximate surface area is 221 Å². The third-order valence-electron chi connectivity index (χ3n) is 6.78. The van der Waals surface area contributed by atoms with E-state index in [2.05, 4.69) is 10.2 Å². The first kappa shape index (κ1) is 27.1. The number of carbonyl (C=O) groups excluding carboxylic acids is 3. The van der Waals surface area contributed by atoms with E-state index in [1.165, 1.54) is 17.0 Å². The number of rotatable bonds is 8. The molecule has 38 heavy (non-hydrogen) atoms. The Kier molecular flexibility index (Phi) is 8.62. The van der Waals surface area contributed by atoms with E-state index in [1.807, 2.05) is 6.92 Å². The van der Waals surface area contributed by atoms with Gasteiger partial charge in [0.25, 0.3) is 5.91 Å². The second-order valence-electron chi connectivity index (χ2n) is 9.06. The maximum absolute atomic E-state index is 14.1. The van der Waals surface area contributed by atoms with E-state index in [9.17, 15) is 18.8 Å². The standard InChI is InChI=1S/C28H33FN4O5/c1-4-33-23(18-31-12-14-32(15-13-31)26(34)20-9-7-11-22(17-20)37-3)24(27(35)38-5-2)25(30-28(33)36)19-8-6-10-21(29)16-19/h6-11,16-17,25H,4-5,12-15,18H2,1-3H3,(H,30,36)/t25-/m1/s1. The number of halogens is 1. The number of nitrogens with one attached hydrogen (secondary N) is 1. The molecule has 0 bridgehead atoms. The lowest BCUT2D eigenvalue weighted by Crippen LogP contribution is -2.53. The summed E-state index contributed by atoms with van der Waals surface area (Å²) in [7, 11) is 1.56. The number of benzene rings is 2. The molecule has 0 radical (unpaired) electrons. The molecule has 0 unspecified atom stereocenters. The van der Waals surface area contributed by atoms with Crippen molar-refractivity contribution in [1.82, 2.24) is 20.0 Å². The summed E-state index contributed by atoms with van der Waals surface area (Å²) in [6.07, 6.45) is 0. The Morgan fingerprint density at radius 1 is 1.05 bits per heavy atom. The fourth-order valence-electron chi connectivity index (χ4n) is 4.85. The number of likely N-dealkylation sites (N-methyl/N-ethyl adjacent to an activating group) is 1. The van der Waals surface area contributed by atoms with Crippen molar-refractivity contribution in [3.8, 4) is 5.75 Å². The van der Waals surface area contributed by atoms with E-state index in [4.69, 9.17) is 9.47 Å². The predicted octanol–water partition coefficient (Wildman–Crippen LogP) is 3.20. The topological polar surface area (TPSA) is 91.4 Å². The molecule has 9 nitrogen and oxygen atoms in total. The van der Waals surface area contributed by atoms with Gasteiger partial charge in [0.15, 0.2) is 0 Å². The van der Waals surface area contributed by atoms with Gasteiger partial charge in [-0.15, -0.1) is 0 Å². The summed E-state index contributed by atoms with van der Waals surface area (Å²) >= 11 is 0. The summed E-state index contributed by atoms with van der Waals surface area (Å²) in [6.45, 7) is 6.45.